The molecule has 4 nitrogen and oxygen atoms in total. The molecule has 5 heteroatoms. The van der Waals surface area contributed by atoms with E-state index >= 15 is 0 Å². The molecule has 0 radical (unpaired) electrons. The summed E-state index contributed by atoms with van der Waals surface area (Å²) in [4.78, 5) is 4.58. The van der Waals surface area contributed by atoms with Gasteiger partial charge in [-0.15, -0.1) is 5.10 Å². The van der Waals surface area contributed by atoms with Crippen molar-refractivity contribution in [2.75, 3.05) is 7.11 Å². The van der Waals surface area contributed by atoms with Gasteiger partial charge in [0.2, 0.25) is 5.16 Å². The maximum atomic E-state index is 5.35. The maximum absolute atomic E-state index is 5.35. The minimum atomic E-state index is 0.727. The molecule has 2 aromatic rings. The normalized spacial score (nSPS) is 10.6. The molecule has 0 atom stereocenters. The van der Waals surface area contributed by atoms with Crippen LogP contribution in [0.1, 0.15) is 30.8 Å². The van der Waals surface area contributed by atoms with Gasteiger partial charge < -0.3 is 4.74 Å². The van der Waals surface area contributed by atoms with E-state index in [1.54, 1.807) is 18.9 Å². The molecule has 1 heterocycles. The predicted octanol–water partition coefficient (Wildman–Crippen LogP) is 3.30. The molecule has 1 aromatic heterocycles. The van der Waals surface area contributed by atoms with Crippen LogP contribution in [0.4, 0.5) is 0 Å². The van der Waals surface area contributed by atoms with E-state index in [4.69, 9.17) is 4.74 Å². The second-order valence-corrected chi connectivity index (χ2v) is 5.24. The number of hydrogen-bond acceptors (Lipinski definition) is 5. The lowest BCUT2D eigenvalue weighted by Crippen LogP contribution is -2.03. The highest BCUT2D eigenvalue weighted by atomic mass is 32.2. The second-order valence-electron chi connectivity index (χ2n) is 4.30. The van der Waals surface area contributed by atoms with Gasteiger partial charge in [0.15, 0.2) is 0 Å². The molecule has 0 amide bonds. The molecule has 2 rings (SSSR count). The molecule has 0 aliphatic carbocycles. The fourth-order valence-corrected chi connectivity index (χ4v) is 2.74. The van der Waals surface area contributed by atoms with Crippen LogP contribution in [-0.2, 0) is 18.6 Å². The first-order valence-electron chi connectivity index (χ1n) is 6.75. The molecular weight excluding hydrogens is 270 g/mol. The standard InChI is InChI=1S/C15H19N3OS/c1-4-12-13(5-2)17-18-15(16-12)20-10-11-8-6-7-9-14(11)19-3/h6-9H,4-5,10H2,1-3H3. The van der Waals surface area contributed by atoms with Crippen LogP contribution in [0.25, 0.3) is 0 Å². The zero-order chi connectivity index (χ0) is 14.4. The summed E-state index contributed by atoms with van der Waals surface area (Å²) in [6, 6.07) is 8.00. The van der Waals surface area contributed by atoms with Gasteiger partial charge in [-0.3, -0.25) is 0 Å². The Morgan fingerprint density at radius 3 is 2.50 bits per heavy atom. The van der Waals surface area contributed by atoms with E-state index in [-0.39, 0.29) is 0 Å². The van der Waals surface area contributed by atoms with Crippen molar-refractivity contribution >= 4 is 11.8 Å². The molecule has 0 aliphatic heterocycles. The Balaban J connectivity index is 2.11. The van der Waals surface area contributed by atoms with Crippen molar-refractivity contribution in [3.05, 3.63) is 41.2 Å². The van der Waals surface area contributed by atoms with Crippen molar-refractivity contribution in [2.24, 2.45) is 0 Å². The number of methoxy groups -OCH3 is 1. The van der Waals surface area contributed by atoms with Crippen LogP contribution >= 0.6 is 11.8 Å². The van der Waals surface area contributed by atoms with Crippen LogP contribution in [0.5, 0.6) is 5.75 Å². The fourth-order valence-electron chi connectivity index (χ4n) is 1.95. The Morgan fingerprint density at radius 2 is 1.80 bits per heavy atom. The molecule has 0 unspecified atom stereocenters. The van der Waals surface area contributed by atoms with Crippen LogP contribution in [0.15, 0.2) is 29.4 Å². The number of hydrogen-bond donors (Lipinski definition) is 0. The molecular formula is C15H19N3OS. The zero-order valence-electron chi connectivity index (χ0n) is 12.1. The smallest absolute Gasteiger partial charge is 0.209 e. The third kappa shape index (κ3) is 3.48. The summed E-state index contributed by atoms with van der Waals surface area (Å²) in [5.74, 6) is 1.68. The lowest BCUT2D eigenvalue weighted by molar-refractivity contribution is 0.411. The van der Waals surface area contributed by atoms with Crippen molar-refractivity contribution in [1.82, 2.24) is 15.2 Å². The van der Waals surface area contributed by atoms with Gasteiger partial charge in [0.1, 0.15) is 5.75 Å². The van der Waals surface area contributed by atoms with Gasteiger partial charge in [0, 0.05) is 11.3 Å². The molecule has 20 heavy (non-hydrogen) atoms. The van der Waals surface area contributed by atoms with Crippen LogP contribution in [-0.4, -0.2) is 22.3 Å². The van der Waals surface area contributed by atoms with Crippen LogP contribution in [0.3, 0.4) is 0 Å². The summed E-state index contributed by atoms with van der Waals surface area (Å²) < 4.78 is 5.35. The summed E-state index contributed by atoms with van der Waals surface area (Å²) in [6.45, 7) is 4.17. The fraction of sp³-hybridized carbons (Fsp3) is 0.400. The molecule has 0 fully saturated rings. The van der Waals surface area contributed by atoms with E-state index in [0.29, 0.717) is 0 Å². The highest BCUT2D eigenvalue weighted by molar-refractivity contribution is 7.98. The van der Waals surface area contributed by atoms with E-state index in [9.17, 15) is 0 Å². The Labute approximate surface area is 124 Å². The number of benzene rings is 1. The summed E-state index contributed by atoms with van der Waals surface area (Å²) in [6.07, 6.45) is 1.77. The van der Waals surface area contributed by atoms with Gasteiger partial charge in [0.25, 0.3) is 0 Å². The number of aromatic nitrogens is 3. The molecule has 0 N–H and O–H groups in total. The van der Waals surface area contributed by atoms with Gasteiger partial charge in [-0.25, -0.2) is 4.98 Å². The van der Waals surface area contributed by atoms with Crippen molar-refractivity contribution in [1.29, 1.82) is 0 Å². The zero-order valence-corrected chi connectivity index (χ0v) is 12.9. The van der Waals surface area contributed by atoms with Gasteiger partial charge in [0.05, 0.1) is 18.5 Å². The number of aryl methyl sites for hydroxylation is 2. The maximum Gasteiger partial charge on any atom is 0.209 e. The minimum Gasteiger partial charge on any atom is -0.496 e. The third-order valence-electron chi connectivity index (χ3n) is 3.04. The Bertz CT molecular complexity index is 575. The average Bonchev–Trinajstić information content (AvgIpc) is 2.52. The summed E-state index contributed by atoms with van der Waals surface area (Å²) in [7, 11) is 1.69. The van der Waals surface area contributed by atoms with Crippen molar-refractivity contribution in [3.63, 3.8) is 0 Å². The molecule has 0 saturated heterocycles. The third-order valence-corrected chi connectivity index (χ3v) is 3.93. The lowest BCUT2D eigenvalue weighted by atomic mass is 10.2. The minimum absolute atomic E-state index is 0.727. The summed E-state index contributed by atoms with van der Waals surface area (Å²) in [5.41, 5.74) is 3.18. The number of rotatable bonds is 6. The van der Waals surface area contributed by atoms with Crippen molar-refractivity contribution < 1.29 is 4.74 Å². The van der Waals surface area contributed by atoms with Crippen LogP contribution < -0.4 is 4.74 Å². The highest BCUT2D eigenvalue weighted by Crippen LogP contribution is 2.25. The molecule has 0 bridgehead atoms. The molecule has 0 saturated carbocycles. The highest BCUT2D eigenvalue weighted by Gasteiger charge is 2.08. The van der Waals surface area contributed by atoms with Gasteiger partial charge >= 0.3 is 0 Å². The lowest BCUT2D eigenvalue weighted by Gasteiger charge is -2.08. The Morgan fingerprint density at radius 1 is 1.05 bits per heavy atom. The number of ether oxygens (including phenoxy) is 1. The van der Waals surface area contributed by atoms with Gasteiger partial charge in [-0.2, -0.15) is 5.10 Å². The molecule has 0 spiro atoms. The van der Waals surface area contributed by atoms with E-state index in [1.165, 1.54) is 0 Å². The van der Waals surface area contributed by atoms with Crippen molar-refractivity contribution in [3.8, 4) is 5.75 Å². The van der Waals surface area contributed by atoms with Crippen LogP contribution in [0, 0.1) is 0 Å². The largest absolute Gasteiger partial charge is 0.496 e. The van der Waals surface area contributed by atoms with Gasteiger partial charge in [-0.1, -0.05) is 43.8 Å². The van der Waals surface area contributed by atoms with E-state index < -0.39 is 0 Å². The first-order valence-corrected chi connectivity index (χ1v) is 7.74. The first-order chi connectivity index (χ1) is 9.78. The van der Waals surface area contributed by atoms with E-state index in [1.807, 2.05) is 18.2 Å². The summed E-state index contributed by atoms with van der Waals surface area (Å²) in [5, 5.41) is 9.17. The first kappa shape index (κ1) is 14.8. The summed E-state index contributed by atoms with van der Waals surface area (Å²) >= 11 is 1.59. The SMILES string of the molecule is CCc1nnc(SCc2ccccc2OC)nc1CC. The number of thioether (sulfide) groups is 1. The number of para-hydroxylation sites is 1. The molecule has 0 aliphatic rings. The van der Waals surface area contributed by atoms with E-state index in [2.05, 4.69) is 35.1 Å². The predicted molar refractivity (Wildman–Crippen MR) is 81.1 cm³/mol. The van der Waals surface area contributed by atoms with Crippen molar-refractivity contribution in [2.45, 2.75) is 37.6 Å². The quantitative estimate of drug-likeness (QED) is 0.764. The Hall–Kier alpha value is -1.62. The monoisotopic (exact) mass is 289 g/mol. The number of nitrogens with zero attached hydrogens (tertiary/aromatic N) is 3. The average molecular weight is 289 g/mol. The Kier molecular flexibility index (Phi) is 5.35. The molecule has 106 valence electrons. The van der Waals surface area contributed by atoms with Gasteiger partial charge in [-0.05, 0) is 18.9 Å². The van der Waals surface area contributed by atoms with Crippen LogP contribution in [0.2, 0.25) is 0 Å². The second kappa shape index (κ2) is 7.24. The van der Waals surface area contributed by atoms with E-state index in [0.717, 1.165) is 46.5 Å². The topological polar surface area (TPSA) is 47.9 Å². The molecule has 1 aromatic carbocycles.